The molecule has 0 aromatic heterocycles. The summed E-state index contributed by atoms with van der Waals surface area (Å²) in [4.78, 5) is 21.7. The SMILES string of the molecule is O=C(COc1ccc([N+](=O)[O-])cc1)Nc1ccc(C(F)(F)F)cc1Cl. The number of alkyl halides is 3. The van der Waals surface area contributed by atoms with Gasteiger partial charge in [-0.15, -0.1) is 0 Å². The molecule has 1 amide bonds. The first-order valence-corrected chi connectivity index (χ1v) is 7.08. The maximum absolute atomic E-state index is 12.5. The standard InChI is InChI=1S/C15H10ClF3N2O4/c16-12-7-9(15(17,18)19)1-6-13(12)20-14(22)8-25-11-4-2-10(3-5-11)21(23)24/h1-7H,8H2,(H,20,22). The number of nitro groups is 1. The van der Waals surface area contributed by atoms with E-state index in [-0.39, 0.29) is 22.1 Å². The first-order chi connectivity index (χ1) is 11.7. The molecule has 1 N–H and O–H groups in total. The van der Waals surface area contributed by atoms with Gasteiger partial charge in [0.1, 0.15) is 5.75 Å². The lowest BCUT2D eigenvalue weighted by Crippen LogP contribution is -2.20. The smallest absolute Gasteiger partial charge is 0.416 e. The van der Waals surface area contributed by atoms with Crippen molar-refractivity contribution in [2.24, 2.45) is 0 Å². The first kappa shape index (κ1) is 18.5. The van der Waals surface area contributed by atoms with Gasteiger partial charge in [-0.05, 0) is 30.3 Å². The number of anilines is 1. The number of nitrogens with one attached hydrogen (secondary N) is 1. The fourth-order valence-electron chi connectivity index (χ4n) is 1.79. The Morgan fingerprint density at radius 3 is 2.36 bits per heavy atom. The lowest BCUT2D eigenvalue weighted by Gasteiger charge is -2.11. The van der Waals surface area contributed by atoms with Gasteiger partial charge in [0.25, 0.3) is 11.6 Å². The Labute approximate surface area is 144 Å². The third-order valence-electron chi connectivity index (χ3n) is 2.99. The molecule has 2 aromatic carbocycles. The van der Waals surface area contributed by atoms with Crippen LogP contribution in [-0.4, -0.2) is 17.4 Å². The molecular formula is C15H10ClF3N2O4. The highest BCUT2D eigenvalue weighted by atomic mass is 35.5. The molecule has 0 spiro atoms. The van der Waals surface area contributed by atoms with Crippen LogP contribution in [0, 0.1) is 10.1 Å². The molecule has 0 bridgehead atoms. The number of ether oxygens (including phenoxy) is 1. The van der Waals surface area contributed by atoms with E-state index in [1.807, 2.05) is 0 Å². The van der Waals surface area contributed by atoms with Crippen molar-refractivity contribution in [3.63, 3.8) is 0 Å². The number of carbonyl (C=O) groups excluding carboxylic acids is 1. The second-order valence-corrected chi connectivity index (χ2v) is 5.19. The Morgan fingerprint density at radius 1 is 1.20 bits per heavy atom. The van der Waals surface area contributed by atoms with Crippen molar-refractivity contribution in [1.29, 1.82) is 0 Å². The van der Waals surface area contributed by atoms with Crippen molar-refractivity contribution in [1.82, 2.24) is 0 Å². The molecule has 0 saturated heterocycles. The monoisotopic (exact) mass is 374 g/mol. The van der Waals surface area contributed by atoms with Crippen LogP contribution in [0.4, 0.5) is 24.5 Å². The Morgan fingerprint density at radius 2 is 1.84 bits per heavy atom. The number of amides is 1. The highest BCUT2D eigenvalue weighted by Crippen LogP contribution is 2.33. The van der Waals surface area contributed by atoms with Crippen LogP contribution < -0.4 is 10.1 Å². The van der Waals surface area contributed by atoms with Gasteiger partial charge in [0.05, 0.1) is 21.2 Å². The van der Waals surface area contributed by atoms with Gasteiger partial charge in [-0.1, -0.05) is 11.6 Å². The lowest BCUT2D eigenvalue weighted by atomic mass is 10.2. The highest BCUT2D eigenvalue weighted by Gasteiger charge is 2.31. The van der Waals surface area contributed by atoms with Crippen LogP contribution in [0.1, 0.15) is 5.56 Å². The van der Waals surface area contributed by atoms with Crippen LogP contribution in [0.5, 0.6) is 5.75 Å². The molecule has 0 radical (unpaired) electrons. The summed E-state index contributed by atoms with van der Waals surface area (Å²) < 4.78 is 42.8. The van der Waals surface area contributed by atoms with Gasteiger partial charge < -0.3 is 10.1 Å². The van der Waals surface area contributed by atoms with Crippen LogP contribution in [0.3, 0.4) is 0 Å². The maximum Gasteiger partial charge on any atom is 0.416 e. The van der Waals surface area contributed by atoms with Crippen LogP contribution in [0.15, 0.2) is 42.5 Å². The Kier molecular flexibility index (Phi) is 5.48. The zero-order chi connectivity index (χ0) is 18.6. The summed E-state index contributed by atoms with van der Waals surface area (Å²) in [6.45, 7) is -0.449. The first-order valence-electron chi connectivity index (χ1n) is 6.70. The minimum absolute atomic E-state index is 0.00645. The number of carbonyl (C=O) groups is 1. The second-order valence-electron chi connectivity index (χ2n) is 4.78. The van der Waals surface area contributed by atoms with Crippen molar-refractivity contribution in [3.8, 4) is 5.75 Å². The predicted molar refractivity (Wildman–Crippen MR) is 83.7 cm³/mol. The molecule has 0 fully saturated rings. The highest BCUT2D eigenvalue weighted by molar-refractivity contribution is 6.33. The van der Waals surface area contributed by atoms with Crippen LogP contribution in [-0.2, 0) is 11.0 Å². The molecule has 2 aromatic rings. The largest absolute Gasteiger partial charge is 0.484 e. The summed E-state index contributed by atoms with van der Waals surface area (Å²) in [6, 6.07) is 7.58. The van der Waals surface area contributed by atoms with E-state index in [9.17, 15) is 28.1 Å². The molecule has 0 heterocycles. The molecule has 0 atom stereocenters. The molecule has 0 aliphatic rings. The Balaban J connectivity index is 1.95. The zero-order valence-electron chi connectivity index (χ0n) is 12.3. The van der Waals surface area contributed by atoms with Crippen LogP contribution in [0.2, 0.25) is 5.02 Å². The lowest BCUT2D eigenvalue weighted by molar-refractivity contribution is -0.384. The fourth-order valence-corrected chi connectivity index (χ4v) is 2.02. The molecule has 0 saturated carbocycles. The summed E-state index contributed by atoms with van der Waals surface area (Å²) in [5, 5.41) is 12.6. The predicted octanol–water partition coefficient (Wildman–Crippen LogP) is 4.28. The van der Waals surface area contributed by atoms with Gasteiger partial charge in [0.2, 0.25) is 0 Å². The van der Waals surface area contributed by atoms with Crippen molar-refractivity contribution in [2.75, 3.05) is 11.9 Å². The summed E-state index contributed by atoms with van der Waals surface area (Å²) in [5.74, 6) is -0.431. The van der Waals surface area contributed by atoms with Crippen molar-refractivity contribution in [3.05, 3.63) is 63.2 Å². The van der Waals surface area contributed by atoms with E-state index in [0.29, 0.717) is 6.07 Å². The molecule has 0 aliphatic heterocycles. The fraction of sp³-hybridized carbons (Fsp3) is 0.133. The van der Waals surface area contributed by atoms with Gasteiger partial charge in [-0.3, -0.25) is 14.9 Å². The summed E-state index contributed by atoms with van der Waals surface area (Å²) in [6.07, 6.45) is -4.54. The Hall–Kier alpha value is -2.81. The number of rotatable bonds is 5. The topological polar surface area (TPSA) is 81.5 Å². The number of nitrogens with zero attached hydrogens (tertiary/aromatic N) is 1. The minimum Gasteiger partial charge on any atom is -0.484 e. The van der Waals surface area contributed by atoms with Crippen LogP contribution >= 0.6 is 11.6 Å². The molecule has 10 heteroatoms. The second kappa shape index (κ2) is 7.39. The van der Waals surface area contributed by atoms with E-state index < -0.39 is 29.2 Å². The van der Waals surface area contributed by atoms with Gasteiger partial charge in [-0.25, -0.2) is 0 Å². The number of halogens is 4. The third kappa shape index (κ3) is 5.08. The number of benzene rings is 2. The van der Waals surface area contributed by atoms with E-state index in [2.05, 4.69) is 5.32 Å². The van der Waals surface area contributed by atoms with Crippen molar-refractivity contribution >= 4 is 28.9 Å². The molecular weight excluding hydrogens is 365 g/mol. The molecule has 0 unspecified atom stereocenters. The van der Waals surface area contributed by atoms with Crippen molar-refractivity contribution in [2.45, 2.75) is 6.18 Å². The Bertz CT molecular complexity index is 794. The van der Waals surface area contributed by atoms with E-state index in [1.54, 1.807) is 0 Å². The van der Waals surface area contributed by atoms with E-state index in [4.69, 9.17) is 16.3 Å². The summed E-state index contributed by atoms with van der Waals surface area (Å²) in [7, 11) is 0. The molecule has 0 aliphatic carbocycles. The molecule has 6 nitrogen and oxygen atoms in total. The van der Waals surface area contributed by atoms with Crippen LogP contribution in [0.25, 0.3) is 0 Å². The average molecular weight is 375 g/mol. The summed E-state index contributed by atoms with van der Waals surface area (Å²) in [5.41, 5.74) is -1.06. The third-order valence-corrected chi connectivity index (χ3v) is 3.30. The normalized spacial score (nSPS) is 11.0. The van der Waals surface area contributed by atoms with Gasteiger partial charge in [0.15, 0.2) is 6.61 Å². The van der Waals surface area contributed by atoms with Crippen molar-refractivity contribution < 1.29 is 27.6 Å². The minimum atomic E-state index is -4.54. The van der Waals surface area contributed by atoms with E-state index in [1.165, 1.54) is 24.3 Å². The molecule has 25 heavy (non-hydrogen) atoms. The van der Waals surface area contributed by atoms with Gasteiger partial charge in [-0.2, -0.15) is 13.2 Å². The number of non-ortho nitro benzene ring substituents is 1. The summed E-state index contributed by atoms with van der Waals surface area (Å²) >= 11 is 5.72. The molecule has 132 valence electrons. The maximum atomic E-state index is 12.5. The van der Waals surface area contributed by atoms with Gasteiger partial charge >= 0.3 is 6.18 Å². The van der Waals surface area contributed by atoms with E-state index >= 15 is 0 Å². The zero-order valence-corrected chi connectivity index (χ0v) is 13.1. The average Bonchev–Trinajstić information content (AvgIpc) is 2.54. The number of hydrogen-bond acceptors (Lipinski definition) is 4. The quantitative estimate of drug-likeness (QED) is 0.625. The molecule has 2 rings (SSSR count). The van der Waals surface area contributed by atoms with E-state index in [0.717, 1.165) is 12.1 Å². The number of hydrogen-bond donors (Lipinski definition) is 1. The number of nitro benzene ring substituents is 1. The van der Waals surface area contributed by atoms with Gasteiger partial charge in [0, 0.05) is 12.1 Å².